The van der Waals surface area contributed by atoms with Crippen molar-refractivity contribution in [2.45, 2.75) is 38.7 Å². The van der Waals surface area contributed by atoms with Gasteiger partial charge >= 0.3 is 5.97 Å². The Labute approximate surface area is 130 Å². The summed E-state index contributed by atoms with van der Waals surface area (Å²) in [5.41, 5.74) is 2.12. The van der Waals surface area contributed by atoms with Crippen LogP contribution in [-0.4, -0.2) is 16.1 Å². The number of ether oxygens (including phenoxy) is 1. The second-order valence-corrected chi connectivity index (χ2v) is 5.21. The number of hydrogen-bond acceptors (Lipinski definition) is 3. The highest BCUT2D eigenvalue weighted by atomic mass is 16.5. The Morgan fingerprint density at radius 2 is 2.00 bits per heavy atom. The number of aryl methyl sites for hydroxylation is 1. The van der Waals surface area contributed by atoms with E-state index in [1.54, 1.807) is 6.20 Å². The van der Waals surface area contributed by atoms with Gasteiger partial charge in [0.15, 0.2) is 0 Å². The molecule has 2 rings (SSSR count). The Bertz CT molecular complexity index is 584. The van der Waals surface area contributed by atoms with E-state index in [0.29, 0.717) is 6.61 Å². The number of rotatable bonds is 9. The van der Waals surface area contributed by atoms with E-state index in [4.69, 9.17) is 9.84 Å². The van der Waals surface area contributed by atoms with Crippen LogP contribution in [0.1, 0.15) is 36.9 Å². The number of unbranched alkanes of at least 4 members (excludes halogenated alkanes) is 2. The zero-order valence-corrected chi connectivity index (χ0v) is 12.6. The minimum absolute atomic E-state index is 0.257. The minimum atomic E-state index is -0.718. The first kappa shape index (κ1) is 16.0. The van der Waals surface area contributed by atoms with Crippen LogP contribution in [0.2, 0.25) is 0 Å². The van der Waals surface area contributed by atoms with Gasteiger partial charge in [0.05, 0.1) is 5.69 Å². The normalized spacial score (nSPS) is 10.4. The number of nitrogens with zero attached hydrogens (tertiary/aromatic N) is 1. The molecule has 0 amide bonds. The molecule has 4 nitrogen and oxygen atoms in total. The summed E-state index contributed by atoms with van der Waals surface area (Å²) < 4.78 is 5.75. The van der Waals surface area contributed by atoms with Crippen molar-refractivity contribution < 1.29 is 14.6 Å². The van der Waals surface area contributed by atoms with E-state index in [0.717, 1.165) is 37.1 Å². The molecule has 2 aromatic rings. The molecule has 1 aromatic carbocycles. The fourth-order valence-corrected chi connectivity index (χ4v) is 2.21. The summed E-state index contributed by atoms with van der Waals surface area (Å²) in [6.45, 7) is 0.461. The number of benzene rings is 1. The van der Waals surface area contributed by atoms with Gasteiger partial charge in [0.25, 0.3) is 0 Å². The Balaban J connectivity index is 1.76. The van der Waals surface area contributed by atoms with Gasteiger partial charge in [0.1, 0.15) is 12.4 Å². The molecule has 116 valence electrons. The third-order valence-corrected chi connectivity index (χ3v) is 3.37. The summed E-state index contributed by atoms with van der Waals surface area (Å²) in [6, 6.07) is 13.8. The Morgan fingerprint density at radius 3 is 2.77 bits per heavy atom. The summed E-state index contributed by atoms with van der Waals surface area (Å²) in [5, 5.41) is 8.60. The molecule has 0 spiro atoms. The molecule has 22 heavy (non-hydrogen) atoms. The highest BCUT2D eigenvalue weighted by molar-refractivity contribution is 5.66. The molecule has 0 aliphatic carbocycles. The number of aliphatic carboxylic acids is 1. The van der Waals surface area contributed by atoms with E-state index in [-0.39, 0.29) is 6.42 Å². The summed E-state index contributed by atoms with van der Waals surface area (Å²) in [5.74, 6) is 0.124. The minimum Gasteiger partial charge on any atom is -0.487 e. The predicted molar refractivity (Wildman–Crippen MR) is 84.8 cm³/mol. The molecule has 0 aliphatic heterocycles. The molecule has 0 fully saturated rings. The summed E-state index contributed by atoms with van der Waals surface area (Å²) in [6.07, 6.45) is 5.63. The Morgan fingerprint density at radius 1 is 1.09 bits per heavy atom. The average molecular weight is 299 g/mol. The first-order valence-electron chi connectivity index (χ1n) is 7.57. The molecule has 1 aromatic heterocycles. The fraction of sp³-hybridized carbons (Fsp3) is 0.333. The van der Waals surface area contributed by atoms with E-state index in [2.05, 4.69) is 11.1 Å². The van der Waals surface area contributed by atoms with Gasteiger partial charge < -0.3 is 9.84 Å². The lowest BCUT2D eigenvalue weighted by Crippen LogP contribution is -1.98. The van der Waals surface area contributed by atoms with E-state index >= 15 is 0 Å². The van der Waals surface area contributed by atoms with Crippen LogP contribution in [0.15, 0.2) is 48.7 Å². The van der Waals surface area contributed by atoms with Crippen molar-refractivity contribution in [2.75, 3.05) is 0 Å². The van der Waals surface area contributed by atoms with Crippen molar-refractivity contribution in [1.29, 1.82) is 0 Å². The molecule has 0 bridgehead atoms. The fourth-order valence-electron chi connectivity index (χ4n) is 2.21. The quantitative estimate of drug-likeness (QED) is 0.714. The average Bonchev–Trinajstić information content (AvgIpc) is 2.54. The van der Waals surface area contributed by atoms with E-state index in [9.17, 15) is 4.79 Å². The molecule has 1 N–H and O–H groups in total. The van der Waals surface area contributed by atoms with Crippen molar-refractivity contribution in [1.82, 2.24) is 4.98 Å². The standard InChI is InChI=1S/C18H21NO3/c20-18(21)11-3-1-2-7-15-8-6-10-17(13-15)22-14-16-9-4-5-12-19-16/h4-6,8-10,12-13H,1-3,7,11,14H2,(H,20,21). The van der Waals surface area contributed by atoms with Gasteiger partial charge in [-0.05, 0) is 49.1 Å². The van der Waals surface area contributed by atoms with Crippen molar-refractivity contribution in [3.63, 3.8) is 0 Å². The van der Waals surface area contributed by atoms with Crippen molar-refractivity contribution in [3.8, 4) is 5.75 Å². The molecule has 0 atom stereocenters. The smallest absolute Gasteiger partial charge is 0.303 e. The number of aromatic nitrogens is 1. The lowest BCUT2D eigenvalue weighted by atomic mass is 10.1. The summed E-state index contributed by atoms with van der Waals surface area (Å²) >= 11 is 0. The van der Waals surface area contributed by atoms with Crippen LogP contribution in [0.25, 0.3) is 0 Å². The second kappa shape index (κ2) is 8.82. The van der Waals surface area contributed by atoms with E-state index in [1.807, 2.05) is 36.4 Å². The number of hydrogen-bond donors (Lipinski definition) is 1. The Kier molecular flexibility index (Phi) is 6.42. The van der Waals surface area contributed by atoms with Gasteiger partial charge in [0.2, 0.25) is 0 Å². The molecule has 0 saturated carbocycles. The molecular weight excluding hydrogens is 278 g/mol. The molecule has 0 saturated heterocycles. The van der Waals surface area contributed by atoms with Gasteiger partial charge in [-0.25, -0.2) is 0 Å². The molecule has 1 heterocycles. The number of pyridine rings is 1. The Hall–Kier alpha value is -2.36. The maximum atomic E-state index is 10.4. The van der Waals surface area contributed by atoms with Gasteiger partial charge in [-0.1, -0.05) is 24.6 Å². The van der Waals surface area contributed by atoms with Crippen molar-refractivity contribution in [3.05, 3.63) is 59.9 Å². The third-order valence-electron chi connectivity index (χ3n) is 3.37. The van der Waals surface area contributed by atoms with E-state index < -0.39 is 5.97 Å². The SMILES string of the molecule is O=C(O)CCCCCc1cccc(OCc2ccccn2)c1. The highest BCUT2D eigenvalue weighted by Crippen LogP contribution is 2.17. The van der Waals surface area contributed by atoms with Crippen molar-refractivity contribution >= 4 is 5.97 Å². The number of carboxylic acid groups (broad SMARTS) is 1. The van der Waals surface area contributed by atoms with Crippen LogP contribution >= 0.6 is 0 Å². The lowest BCUT2D eigenvalue weighted by Gasteiger charge is -2.08. The van der Waals surface area contributed by atoms with Crippen LogP contribution in [0.5, 0.6) is 5.75 Å². The second-order valence-electron chi connectivity index (χ2n) is 5.21. The zero-order chi connectivity index (χ0) is 15.6. The highest BCUT2D eigenvalue weighted by Gasteiger charge is 2.00. The zero-order valence-electron chi connectivity index (χ0n) is 12.6. The maximum Gasteiger partial charge on any atom is 0.303 e. The molecule has 0 aliphatic rings. The largest absolute Gasteiger partial charge is 0.487 e. The van der Waals surface area contributed by atoms with Crippen LogP contribution in [0.4, 0.5) is 0 Å². The first-order chi connectivity index (χ1) is 10.7. The van der Waals surface area contributed by atoms with Gasteiger partial charge in [0, 0.05) is 12.6 Å². The number of carboxylic acids is 1. The van der Waals surface area contributed by atoms with E-state index in [1.165, 1.54) is 5.56 Å². The van der Waals surface area contributed by atoms with Crippen LogP contribution in [0, 0.1) is 0 Å². The lowest BCUT2D eigenvalue weighted by molar-refractivity contribution is -0.137. The third kappa shape index (κ3) is 5.95. The number of carbonyl (C=O) groups is 1. The summed E-state index contributed by atoms with van der Waals surface area (Å²) in [7, 11) is 0. The molecule has 4 heteroatoms. The molecule has 0 radical (unpaired) electrons. The van der Waals surface area contributed by atoms with Gasteiger partial charge in [-0.3, -0.25) is 9.78 Å². The monoisotopic (exact) mass is 299 g/mol. The summed E-state index contributed by atoms with van der Waals surface area (Å²) in [4.78, 5) is 14.7. The van der Waals surface area contributed by atoms with Gasteiger partial charge in [-0.15, -0.1) is 0 Å². The topological polar surface area (TPSA) is 59.4 Å². The van der Waals surface area contributed by atoms with Crippen molar-refractivity contribution in [2.24, 2.45) is 0 Å². The first-order valence-corrected chi connectivity index (χ1v) is 7.57. The van der Waals surface area contributed by atoms with Crippen LogP contribution < -0.4 is 4.74 Å². The predicted octanol–water partition coefficient (Wildman–Crippen LogP) is 3.85. The van der Waals surface area contributed by atoms with Crippen LogP contribution in [-0.2, 0) is 17.8 Å². The molecule has 0 unspecified atom stereocenters. The van der Waals surface area contributed by atoms with Gasteiger partial charge in [-0.2, -0.15) is 0 Å². The van der Waals surface area contributed by atoms with Crippen LogP contribution in [0.3, 0.4) is 0 Å². The maximum absolute atomic E-state index is 10.4. The molecular formula is C18H21NO3.